The smallest absolute Gasteiger partial charge is 1.00 e. The van der Waals surface area contributed by atoms with E-state index in [4.69, 9.17) is 0 Å². The molecule has 0 aromatic rings. The van der Waals surface area contributed by atoms with E-state index in [1.165, 1.54) is 0 Å². The molecule has 0 spiro atoms. The van der Waals surface area contributed by atoms with Gasteiger partial charge in [0.25, 0.3) is 0 Å². The summed E-state index contributed by atoms with van der Waals surface area (Å²) in [6.07, 6.45) is 0. The Bertz CT molecular complexity index is 4.53. The van der Waals surface area contributed by atoms with Crippen molar-refractivity contribution < 1.29 is 75.5 Å². The Hall–Kier alpha value is 3.19. The predicted molar refractivity (Wildman–Crippen MR) is 29.0 cm³/mol. The summed E-state index contributed by atoms with van der Waals surface area (Å²) in [5, 5.41) is 0. The van der Waals surface area contributed by atoms with Crippen molar-refractivity contribution in [3.63, 3.8) is 0 Å². The topological polar surface area (TPSA) is 0 Å². The van der Waals surface area contributed by atoms with Gasteiger partial charge in [-0.3, -0.25) is 0 Å². The van der Waals surface area contributed by atoms with Gasteiger partial charge in [0.2, 0.25) is 0 Å². The fourth-order valence-corrected chi connectivity index (χ4v) is 0. The van der Waals surface area contributed by atoms with E-state index < -0.39 is 0 Å². The quantitative estimate of drug-likeness (QED) is 0.312. The molecule has 0 aromatic carbocycles. The minimum Gasteiger partial charge on any atom is -1.00 e. The molecule has 0 radical (unpaired) electrons. The molecule has 0 aromatic heterocycles. The molecule has 0 saturated carbocycles. The second-order valence-electron chi connectivity index (χ2n) is 0. The fourth-order valence-electron chi connectivity index (χ4n) is 0. The standard InChI is InChI=1S/8ClH.Hf/h8*1H;/q;;;;;;;;+4/p-4. The average Bonchev–Trinajstić information content (AvgIpc) is 0. The first kappa shape index (κ1) is 150. The van der Waals surface area contributed by atoms with Gasteiger partial charge in [-0.1, -0.05) is 0 Å². The zero-order valence-electron chi connectivity index (χ0n) is 3.64. The number of rotatable bonds is 0. The first-order chi connectivity index (χ1) is 0. The Morgan fingerprint density at radius 3 is 0.333 bits per heavy atom. The molecule has 0 aliphatic carbocycles. The normalized spacial score (nSPS) is 0. The van der Waals surface area contributed by atoms with Crippen LogP contribution in [0, 0.1) is 0 Å². The van der Waals surface area contributed by atoms with E-state index in [1.807, 2.05) is 0 Å². The molecule has 0 nitrogen and oxygen atoms in total. The van der Waals surface area contributed by atoms with Crippen molar-refractivity contribution in [3.05, 3.63) is 0 Å². The van der Waals surface area contributed by atoms with E-state index in [1.54, 1.807) is 0 Å². The van der Waals surface area contributed by atoms with Crippen LogP contribution in [0.25, 0.3) is 0 Å². The second-order valence-corrected chi connectivity index (χ2v) is 0. The number of halogens is 8. The van der Waals surface area contributed by atoms with Crippen LogP contribution in [0.5, 0.6) is 0 Å². The maximum Gasteiger partial charge on any atom is 4.00 e. The van der Waals surface area contributed by atoms with E-state index in [0.717, 1.165) is 0 Å². The summed E-state index contributed by atoms with van der Waals surface area (Å²) in [7, 11) is 0. The van der Waals surface area contributed by atoms with E-state index >= 15 is 0 Å². The van der Waals surface area contributed by atoms with Gasteiger partial charge >= 0.3 is 25.8 Å². The van der Waals surface area contributed by atoms with Gasteiger partial charge in [-0.25, -0.2) is 0 Å². The van der Waals surface area contributed by atoms with Crippen molar-refractivity contribution in [1.82, 2.24) is 0 Å². The molecule has 0 aliphatic rings. The summed E-state index contributed by atoms with van der Waals surface area (Å²) in [5.41, 5.74) is 0. The number of hydrogen-bond acceptors (Lipinski definition) is 0. The molecule has 0 heterocycles. The van der Waals surface area contributed by atoms with Gasteiger partial charge in [0.1, 0.15) is 0 Å². The molecule has 9 heteroatoms. The van der Waals surface area contributed by atoms with E-state index in [0.29, 0.717) is 0 Å². The van der Waals surface area contributed by atoms with Crippen LogP contribution in [0.15, 0.2) is 0 Å². The summed E-state index contributed by atoms with van der Waals surface area (Å²) in [6, 6.07) is 0. The minimum atomic E-state index is 0. The van der Waals surface area contributed by atoms with E-state index in [2.05, 4.69) is 0 Å². The van der Waals surface area contributed by atoms with Crippen LogP contribution in [-0.4, -0.2) is 0 Å². The molecule has 0 N–H and O–H groups in total. The molecule has 0 bridgehead atoms. The van der Waals surface area contributed by atoms with Crippen LogP contribution in [0.4, 0.5) is 0 Å². The fraction of sp³-hybridized carbons (Fsp3) is 0. The first-order valence-electron chi connectivity index (χ1n) is 0. The molecule has 0 aliphatic heterocycles. The SMILES string of the molecule is Cl.Cl.Cl.Cl.[Cl-].[Cl-].[Cl-].[Cl-].[Hf+4]. The molecule has 0 atom stereocenters. The molecule has 0 fully saturated rings. The largest absolute Gasteiger partial charge is 4.00 e. The number of hydrogen-bond donors (Lipinski definition) is 0. The zero-order chi connectivity index (χ0) is 0. The van der Waals surface area contributed by atoms with Crippen molar-refractivity contribution in [3.8, 4) is 0 Å². The summed E-state index contributed by atoms with van der Waals surface area (Å²) in [4.78, 5) is 0. The Morgan fingerprint density at radius 1 is 0.333 bits per heavy atom. The van der Waals surface area contributed by atoms with Gasteiger partial charge in [-0.05, 0) is 0 Å². The Morgan fingerprint density at radius 2 is 0.333 bits per heavy atom. The molecular formula is H4Cl8Hf. The third-order valence-corrected chi connectivity index (χ3v) is 0. The van der Waals surface area contributed by atoms with E-state index in [-0.39, 0.29) is 125 Å². The molecular weight excluding hydrogens is 462 g/mol. The van der Waals surface area contributed by atoms with Crippen LogP contribution in [0.3, 0.4) is 0 Å². The van der Waals surface area contributed by atoms with Crippen LogP contribution >= 0.6 is 49.6 Å². The molecule has 64 valence electrons. The summed E-state index contributed by atoms with van der Waals surface area (Å²) in [5.74, 6) is 0. The van der Waals surface area contributed by atoms with Crippen LogP contribution in [0.1, 0.15) is 0 Å². The van der Waals surface area contributed by atoms with Gasteiger partial charge in [-0.2, -0.15) is 0 Å². The molecule has 0 unspecified atom stereocenters. The minimum absolute atomic E-state index is 0. The predicted octanol–water partition coefficient (Wildman–Crippen LogP) is -10.3. The second kappa shape index (κ2) is 114. The van der Waals surface area contributed by atoms with Crippen LogP contribution in [0.2, 0.25) is 0 Å². The Kier molecular flexibility index (Phi) is 1900. The van der Waals surface area contributed by atoms with E-state index in [9.17, 15) is 0 Å². The third-order valence-electron chi connectivity index (χ3n) is 0. The van der Waals surface area contributed by atoms with Gasteiger partial charge in [0.15, 0.2) is 0 Å². The molecule has 0 amide bonds. The summed E-state index contributed by atoms with van der Waals surface area (Å²) < 4.78 is 0. The van der Waals surface area contributed by atoms with Crippen molar-refractivity contribution in [1.29, 1.82) is 0 Å². The van der Waals surface area contributed by atoms with Crippen molar-refractivity contribution in [2.75, 3.05) is 0 Å². The zero-order valence-corrected chi connectivity index (χ0v) is 13.5. The van der Waals surface area contributed by atoms with Crippen molar-refractivity contribution in [2.24, 2.45) is 0 Å². The van der Waals surface area contributed by atoms with Gasteiger partial charge in [0.05, 0.1) is 0 Å². The maximum absolute atomic E-state index is 0. The molecule has 9 heavy (non-hydrogen) atoms. The summed E-state index contributed by atoms with van der Waals surface area (Å²) >= 11 is 0. The third kappa shape index (κ3) is 92.9. The molecule has 0 saturated heterocycles. The van der Waals surface area contributed by atoms with Crippen LogP contribution < -0.4 is 49.6 Å². The monoisotopic (exact) mass is 464 g/mol. The van der Waals surface area contributed by atoms with Crippen molar-refractivity contribution >= 4 is 49.6 Å². The maximum atomic E-state index is 0. The van der Waals surface area contributed by atoms with Crippen molar-refractivity contribution in [2.45, 2.75) is 0 Å². The van der Waals surface area contributed by atoms with Crippen LogP contribution in [-0.2, 0) is 25.8 Å². The van der Waals surface area contributed by atoms with Gasteiger partial charge in [-0.15, -0.1) is 49.6 Å². The Balaban J connectivity index is 0. The first-order valence-corrected chi connectivity index (χ1v) is 0. The molecule has 0 rings (SSSR count). The average molecular weight is 466 g/mol. The van der Waals surface area contributed by atoms with Gasteiger partial charge < -0.3 is 49.6 Å². The van der Waals surface area contributed by atoms with Gasteiger partial charge in [0, 0.05) is 0 Å². The summed E-state index contributed by atoms with van der Waals surface area (Å²) in [6.45, 7) is 0. The Labute approximate surface area is 124 Å².